The molecule has 4 nitrogen and oxygen atoms in total. The summed E-state index contributed by atoms with van der Waals surface area (Å²) in [5.74, 6) is -0.143. The van der Waals surface area contributed by atoms with Crippen molar-refractivity contribution in [3.63, 3.8) is 0 Å². The monoisotopic (exact) mass is 358 g/mol. The SMILES string of the molecule is O=C1N=C(N2CCOCC2)S/C1=C\c1cc(Br)cs1. The Morgan fingerprint density at radius 3 is 2.89 bits per heavy atom. The average Bonchev–Trinajstić information content (AvgIpc) is 2.98. The van der Waals surface area contributed by atoms with Crippen molar-refractivity contribution < 1.29 is 9.53 Å². The van der Waals surface area contributed by atoms with Crippen LogP contribution < -0.4 is 0 Å². The molecule has 0 atom stereocenters. The number of hydrogen-bond acceptors (Lipinski definition) is 5. The highest BCUT2D eigenvalue weighted by molar-refractivity contribution is 9.10. The van der Waals surface area contributed by atoms with Crippen LogP contribution in [0.5, 0.6) is 0 Å². The van der Waals surface area contributed by atoms with Crippen molar-refractivity contribution in [3.05, 3.63) is 25.7 Å². The first-order valence-electron chi connectivity index (χ1n) is 5.82. The molecule has 100 valence electrons. The Morgan fingerprint density at radius 2 is 2.21 bits per heavy atom. The van der Waals surface area contributed by atoms with Gasteiger partial charge in [0.05, 0.1) is 18.1 Å². The second-order valence-electron chi connectivity index (χ2n) is 4.08. The van der Waals surface area contributed by atoms with E-state index in [2.05, 4.69) is 25.8 Å². The summed E-state index contributed by atoms with van der Waals surface area (Å²) < 4.78 is 6.34. The number of aliphatic imine (C=N–C) groups is 1. The Labute approximate surface area is 127 Å². The summed E-state index contributed by atoms with van der Waals surface area (Å²) in [6.45, 7) is 3.00. The third-order valence-electron chi connectivity index (χ3n) is 2.75. The topological polar surface area (TPSA) is 41.9 Å². The van der Waals surface area contributed by atoms with Crippen LogP contribution in [-0.2, 0) is 9.53 Å². The number of amidine groups is 1. The van der Waals surface area contributed by atoms with Crippen molar-refractivity contribution in [2.24, 2.45) is 4.99 Å². The molecule has 3 heterocycles. The van der Waals surface area contributed by atoms with Crippen LogP contribution in [0.25, 0.3) is 6.08 Å². The molecule has 1 aromatic heterocycles. The number of carbonyl (C=O) groups is 1. The van der Waals surface area contributed by atoms with E-state index in [4.69, 9.17) is 4.74 Å². The molecule has 0 spiro atoms. The van der Waals surface area contributed by atoms with Gasteiger partial charge in [-0.3, -0.25) is 4.79 Å². The molecule has 1 amide bonds. The van der Waals surface area contributed by atoms with Gasteiger partial charge in [0, 0.05) is 27.8 Å². The summed E-state index contributed by atoms with van der Waals surface area (Å²) >= 11 is 6.46. The molecule has 19 heavy (non-hydrogen) atoms. The minimum absolute atomic E-state index is 0.143. The summed E-state index contributed by atoms with van der Waals surface area (Å²) in [5, 5.41) is 2.80. The molecule has 7 heteroatoms. The molecular weight excluding hydrogens is 348 g/mol. The zero-order valence-corrected chi connectivity index (χ0v) is 13.2. The molecule has 0 aromatic carbocycles. The van der Waals surface area contributed by atoms with Crippen molar-refractivity contribution in [1.29, 1.82) is 0 Å². The summed E-state index contributed by atoms with van der Waals surface area (Å²) in [6, 6.07) is 2.00. The molecule has 0 saturated carbocycles. The molecule has 3 rings (SSSR count). The van der Waals surface area contributed by atoms with Gasteiger partial charge < -0.3 is 9.64 Å². The number of halogens is 1. The Bertz CT molecular complexity index is 562. The van der Waals surface area contributed by atoms with Crippen molar-refractivity contribution in [3.8, 4) is 0 Å². The fraction of sp³-hybridized carbons (Fsp3) is 0.333. The number of hydrogen-bond donors (Lipinski definition) is 0. The highest BCUT2D eigenvalue weighted by Gasteiger charge is 2.27. The van der Waals surface area contributed by atoms with Crippen molar-refractivity contribution in [2.45, 2.75) is 0 Å². The van der Waals surface area contributed by atoms with E-state index in [-0.39, 0.29) is 5.91 Å². The number of ether oxygens (including phenoxy) is 1. The summed E-state index contributed by atoms with van der Waals surface area (Å²) in [7, 11) is 0. The molecule has 1 saturated heterocycles. The lowest BCUT2D eigenvalue weighted by molar-refractivity contribution is -0.113. The van der Waals surface area contributed by atoms with Gasteiger partial charge in [-0.1, -0.05) is 0 Å². The first-order chi connectivity index (χ1) is 9.22. The van der Waals surface area contributed by atoms with Crippen molar-refractivity contribution in [1.82, 2.24) is 4.90 Å². The van der Waals surface area contributed by atoms with E-state index in [1.807, 2.05) is 17.5 Å². The summed E-state index contributed by atoms with van der Waals surface area (Å²) in [6.07, 6.45) is 1.90. The van der Waals surface area contributed by atoms with Crippen LogP contribution in [0.15, 0.2) is 25.8 Å². The lowest BCUT2D eigenvalue weighted by Crippen LogP contribution is -2.38. The lowest BCUT2D eigenvalue weighted by Gasteiger charge is -2.27. The van der Waals surface area contributed by atoms with E-state index < -0.39 is 0 Å². The van der Waals surface area contributed by atoms with Gasteiger partial charge in [-0.05, 0) is 39.8 Å². The predicted octanol–water partition coefficient (Wildman–Crippen LogP) is 2.81. The van der Waals surface area contributed by atoms with E-state index >= 15 is 0 Å². The van der Waals surface area contributed by atoms with Crippen LogP contribution in [-0.4, -0.2) is 42.3 Å². The average molecular weight is 359 g/mol. The Morgan fingerprint density at radius 1 is 1.42 bits per heavy atom. The normalized spacial score (nSPS) is 22.2. The number of amides is 1. The second-order valence-corrected chi connectivity index (χ2v) is 6.94. The molecule has 0 aliphatic carbocycles. The Hall–Kier alpha value is -0.630. The molecule has 0 unspecified atom stereocenters. The van der Waals surface area contributed by atoms with Crippen molar-refractivity contribution in [2.75, 3.05) is 26.3 Å². The number of nitrogens with zero attached hydrogens (tertiary/aromatic N) is 2. The van der Waals surface area contributed by atoms with Gasteiger partial charge in [0.15, 0.2) is 5.17 Å². The summed E-state index contributed by atoms with van der Waals surface area (Å²) in [4.78, 5) is 19.9. The quantitative estimate of drug-likeness (QED) is 0.724. The molecule has 0 N–H and O–H groups in total. The lowest BCUT2D eigenvalue weighted by atomic mass is 10.4. The van der Waals surface area contributed by atoms with Crippen LogP contribution in [0.2, 0.25) is 0 Å². The van der Waals surface area contributed by atoms with Gasteiger partial charge in [0.25, 0.3) is 5.91 Å². The highest BCUT2D eigenvalue weighted by Crippen LogP contribution is 2.32. The number of rotatable bonds is 1. The van der Waals surface area contributed by atoms with Gasteiger partial charge in [0.2, 0.25) is 0 Å². The van der Waals surface area contributed by atoms with Crippen LogP contribution in [0.4, 0.5) is 0 Å². The van der Waals surface area contributed by atoms with Gasteiger partial charge in [0.1, 0.15) is 0 Å². The molecule has 1 fully saturated rings. The fourth-order valence-corrected chi connectivity index (χ4v) is 4.23. The number of morpholine rings is 1. The minimum atomic E-state index is -0.143. The van der Waals surface area contributed by atoms with Crippen molar-refractivity contribution >= 4 is 56.2 Å². The predicted molar refractivity (Wildman–Crippen MR) is 82.4 cm³/mol. The second kappa shape index (κ2) is 5.78. The zero-order valence-electron chi connectivity index (χ0n) is 9.97. The van der Waals surface area contributed by atoms with E-state index in [1.54, 1.807) is 11.3 Å². The zero-order chi connectivity index (χ0) is 13.2. The van der Waals surface area contributed by atoms with Gasteiger partial charge in [-0.15, -0.1) is 11.3 Å². The Kier molecular flexibility index (Phi) is 4.07. The smallest absolute Gasteiger partial charge is 0.286 e. The highest BCUT2D eigenvalue weighted by atomic mass is 79.9. The Balaban J connectivity index is 1.74. The summed E-state index contributed by atoms with van der Waals surface area (Å²) in [5.41, 5.74) is 0. The number of carbonyl (C=O) groups excluding carboxylic acids is 1. The molecule has 0 radical (unpaired) electrons. The number of thioether (sulfide) groups is 1. The minimum Gasteiger partial charge on any atom is -0.378 e. The first-order valence-corrected chi connectivity index (χ1v) is 8.30. The molecule has 2 aliphatic rings. The number of thiophene rings is 1. The van der Waals surface area contributed by atoms with Crippen LogP contribution >= 0.6 is 39.0 Å². The van der Waals surface area contributed by atoms with Crippen LogP contribution in [0, 0.1) is 0 Å². The third kappa shape index (κ3) is 3.10. The largest absolute Gasteiger partial charge is 0.378 e. The first kappa shape index (κ1) is 13.4. The van der Waals surface area contributed by atoms with E-state index in [0.717, 1.165) is 27.6 Å². The fourth-order valence-electron chi connectivity index (χ4n) is 1.82. The molecule has 1 aromatic rings. The van der Waals surface area contributed by atoms with Crippen LogP contribution in [0.1, 0.15) is 4.88 Å². The molecule has 2 aliphatic heterocycles. The maximum absolute atomic E-state index is 11.9. The maximum Gasteiger partial charge on any atom is 0.286 e. The van der Waals surface area contributed by atoms with E-state index in [1.165, 1.54) is 11.8 Å². The van der Waals surface area contributed by atoms with E-state index in [9.17, 15) is 4.79 Å². The van der Waals surface area contributed by atoms with Gasteiger partial charge >= 0.3 is 0 Å². The standard InChI is InChI=1S/C12H11BrN2O2S2/c13-8-5-9(18-7-8)6-10-11(16)14-12(19-10)15-1-3-17-4-2-15/h5-7H,1-4H2/b10-6-. The molecule has 0 bridgehead atoms. The maximum atomic E-state index is 11.9. The van der Waals surface area contributed by atoms with Crippen LogP contribution in [0.3, 0.4) is 0 Å². The third-order valence-corrected chi connectivity index (χ3v) is 5.44. The van der Waals surface area contributed by atoms with Gasteiger partial charge in [-0.25, -0.2) is 0 Å². The van der Waals surface area contributed by atoms with Gasteiger partial charge in [-0.2, -0.15) is 4.99 Å². The van der Waals surface area contributed by atoms with E-state index in [0.29, 0.717) is 18.1 Å². The molecular formula is C12H11BrN2O2S2.